The van der Waals surface area contributed by atoms with Crippen molar-refractivity contribution in [1.82, 2.24) is 4.98 Å². The van der Waals surface area contributed by atoms with Gasteiger partial charge in [0, 0.05) is 6.20 Å². The zero-order valence-corrected chi connectivity index (χ0v) is 11.4. The Hall–Kier alpha value is -1.18. The summed E-state index contributed by atoms with van der Waals surface area (Å²) in [5.41, 5.74) is 2.32. The SMILES string of the molecule is CC(C)(C)OC(=O)c1c(NN)ncc2ssc12. The summed E-state index contributed by atoms with van der Waals surface area (Å²) in [6, 6.07) is 0. The van der Waals surface area contributed by atoms with Gasteiger partial charge in [-0.2, -0.15) is 0 Å². The number of anilines is 1. The molecule has 0 fully saturated rings. The molecule has 0 saturated carbocycles. The molecule has 0 spiro atoms. The predicted molar refractivity (Wildman–Crippen MR) is 70.5 cm³/mol. The fraction of sp³-hybridized carbons (Fsp3) is 0.400. The van der Waals surface area contributed by atoms with Crippen molar-refractivity contribution in [3.63, 3.8) is 0 Å². The maximum atomic E-state index is 12.1. The number of aromatic nitrogens is 1. The molecule has 0 aromatic carbocycles. The Morgan fingerprint density at radius 3 is 2.65 bits per heavy atom. The molecule has 0 aliphatic rings. The Labute approximate surface area is 106 Å². The topological polar surface area (TPSA) is 77.2 Å². The van der Waals surface area contributed by atoms with E-state index in [0.29, 0.717) is 11.4 Å². The van der Waals surface area contributed by atoms with Crippen LogP contribution >= 0.6 is 20.7 Å². The Kier molecular flexibility index (Phi) is 3.07. The minimum atomic E-state index is -0.534. The molecule has 2 rings (SSSR count). The fourth-order valence-corrected chi connectivity index (χ4v) is 3.24. The molecular formula is C10H13N3O2S2. The van der Waals surface area contributed by atoms with Gasteiger partial charge < -0.3 is 10.2 Å². The van der Waals surface area contributed by atoms with E-state index < -0.39 is 11.6 Å². The van der Waals surface area contributed by atoms with Crippen LogP contribution in [0.2, 0.25) is 0 Å². The first kappa shape index (κ1) is 12.3. The van der Waals surface area contributed by atoms with Crippen molar-refractivity contribution in [3.05, 3.63) is 11.8 Å². The number of nitrogens with one attached hydrogen (secondary N) is 1. The highest BCUT2D eigenvalue weighted by atomic mass is 32.9. The highest BCUT2D eigenvalue weighted by Gasteiger charge is 2.25. The maximum absolute atomic E-state index is 12.1. The molecule has 2 aromatic heterocycles. The third-order valence-corrected chi connectivity index (χ3v) is 4.53. The van der Waals surface area contributed by atoms with Gasteiger partial charge in [0.2, 0.25) is 0 Å². The van der Waals surface area contributed by atoms with Crippen molar-refractivity contribution in [3.8, 4) is 0 Å². The maximum Gasteiger partial charge on any atom is 0.344 e. The van der Waals surface area contributed by atoms with E-state index in [0.717, 1.165) is 9.40 Å². The lowest BCUT2D eigenvalue weighted by atomic mass is 10.2. The van der Waals surface area contributed by atoms with Crippen LogP contribution in [0.4, 0.5) is 5.82 Å². The third-order valence-electron chi connectivity index (χ3n) is 1.95. The van der Waals surface area contributed by atoms with Gasteiger partial charge in [-0.25, -0.2) is 15.6 Å². The summed E-state index contributed by atoms with van der Waals surface area (Å²) < 4.78 is 7.20. The van der Waals surface area contributed by atoms with Gasteiger partial charge in [-0.15, -0.1) is 0 Å². The molecule has 0 saturated heterocycles. The zero-order valence-electron chi connectivity index (χ0n) is 9.73. The number of hydrazine groups is 1. The van der Waals surface area contributed by atoms with Gasteiger partial charge in [0.1, 0.15) is 11.2 Å². The lowest BCUT2D eigenvalue weighted by molar-refractivity contribution is 0.00728. The Bertz CT molecular complexity index is 553. The Morgan fingerprint density at radius 1 is 1.47 bits per heavy atom. The van der Waals surface area contributed by atoms with Crippen molar-refractivity contribution in [1.29, 1.82) is 0 Å². The lowest BCUT2D eigenvalue weighted by Gasteiger charge is -2.20. The van der Waals surface area contributed by atoms with E-state index in [1.54, 1.807) is 16.5 Å². The number of nitrogens with zero attached hydrogens (tertiary/aromatic N) is 1. The number of fused-ring (bicyclic) bond motifs is 1. The zero-order chi connectivity index (χ0) is 12.6. The molecule has 5 nitrogen and oxygen atoms in total. The second kappa shape index (κ2) is 4.25. The van der Waals surface area contributed by atoms with Crippen LogP contribution in [0.3, 0.4) is 0 Å². The van der Waals surface area contributed by atoms with Crippen molar-refractivity contribution in [2.75, 3.05) is 5.43 Å². The molecule has 7 heteroatoms. The fourth-order valence-electron chi connectivity index (χ4n) is 1.30. The molecule has 2 heterocycles. The minimum absolute atomic E-state index is 0.353. The van der Waals surface area contributed by atoms with E-state index in [-0.39, 0.29) is 0 Å². The van der Waals surface area contributed by atoms with E-state index in [4.69, 9.17) is 10.6 Å². The largest absolute Gasteiger partial charge is 0.456 e. The molecule has 2 aromatic rings. The third kappa shape index (κ3) is 2.41. The number of hydrogen-bond acceptors (Lipinski definition) is 7. The van der Waals surface area contributed by atoms with Gasteiger partial charge in [-0.1, -0.05) is 20.7 Å². The standard InChI is InChI=1S/C10H13N3O2S2/c1-10(2,3)15-9(14)6-7-5(16-17-7)4-12-8(6)13-11/h4H,11H2,1-3H3,(H,12,13). The summed E-state index contributed by atoms with van der Waals surface area (Å²) in [5, 5.41) is 0. The number of carbonyl (C=O) groups excluding carboxylic acids is 1. The molecule has 0 aliphatic heterocycles. The van der Waals surface area contributed by atoms with Gasteiger partial charge >= 0.3 is 5.97 Å². The summed E-state index contributed by atoms with van der Waals surface area (Å²) in [4.78, 5) is 16.2. The van der Waals surface area contributed by atoms with Crippen molar-refractivity contribution < 1.29 is 9.53 Å². The first-order chi connectivity index (χ1) is 7.92. The smallest absolute Gasteiger partial charge is 0.344 e. The molecule has 0 amide bonds. The van der Waals surface area contributed by atoms with Gasteiger partial charge in [0.05, 0.1) is 9.40 Å². The second-order valence-corrected chi connectivity index (χ2v) is 6.67. The number of pyridine rings is 1. The summed E-state index contributed by atoms with van der Waals surface area (Å²) >= 11 is 0. The molecular weight excluding hydrogens is 258 g/mol. The number of rotatable bonds is 2. The van der Waals surface area contributed by atoms with Crippen LogP contribution < -0.4 is 11.3 Å². The molecule has 92 valence electrons. The summed E-state index contributed by atoms with van der Waals surface area (Å²) in [6.07, 6.45) is 1.69. The van der Waals surface area contributed by atoms with Gasteiger partial charge in [0.15, 0.2) is 5.82 Å². The highest BCUT2D eigenvalue weighted by molar-refractivity contribution is 7.78. The van der Waals surface area contributed by atoms with Crippen LogP contribution in [0.15, 0.2) is 6.20 Å². The van der Waals surface area contributed by atoms with E-state index in [1.807, 2.05) is 20.8 Å². The lowest BCUT2D eigenvalue weighted by Crippen LogP contribution is -2.25. The van der Waals surface area contributed by atoms with Gasteiger partial charge in [-0.05, 0) is 20.8 Å². The second-order valence-electron chi connectivity index (χ2n) is 4.49. The Morgan fingerprint density at radius 2 is 2.18 bits per heavy atom. The number of ether oxygens (including phenoxy) is 1. The number of carbonyl (C=O) groups is 1. The van der Waals surface area contributed by atoms with E-state index >= 15 is 0 Å². The van der Waals surface area contributed by atoms with Crippen molar-refractivity contribution in [2.24, 2.45) is 5.84 Å². The first-order valence-electron chi connectivity index (χ1n) is 5.00. The van der Waals surface area contributed by atoms with E-state index in [1.165, 1.54) is 10.3 Å². The van der Waals surface area contributed by atoms with Crippen LogP contribution in [0.25, 0.3) is 9.40 Å². The van der Waals surface area contributed by atoms with Crippen molar-refractivity contribution >= 4 is 41.9 Å². The van der Waals surface area contributed by atoms with Gasteiger partial charge in [0.25, 0.3) is 0 Å². The van der Waals surface area contributed by atoms with Crippen LogP contribution in [0.5, 0.6) is 0 Å². The molecule has 0 atom stereocenters. The summed E-state index contributed by atoms with van der Waals surface area (Å²) in [6.45, 7) is 5.47. The summed E-state index contributed by atoms with van der Waals surface area (Å²) in [5.74, 6) is 5.31. The predicted octanol–water partition coefficient (Wildman–Crippen LogP) is 2.60. The molecule has 17 heavy (non-hydrogen) atoms. The number of hydrogen-bond donors (Lipinski definition) is 2. The quantitative estimate of drug-likeness (QED) is 0.380. The summed E-state index contributed by atoms with van der Waals surface area (Å²) in [7, 11) is 3.10. The Balaban J connectivity index is 2.43. The number of nitrogen functional groups attached to an aromatic ring is 1. The monoisotopic (exact) mass is 271 g/mol. The number of nitrogens with two attached hydrogens (primary N) is 1. The minimum Gasteiger partial charge on any atom is -0.456 e. The molecule has 0 unspecified atom stereocenters. The molecule has 3 N–H and O–H groups in total. The normalized spacial score (nSPS) is 11.8. The average Bonchev–Trinajstić information content (AvgIpc) is 2.16. The molecule has 0 radical (unpaired) electrons. The highest BCUT2D eigenvalue weighted by Crippen LogP contribution is 2.37. The first-order valence-corrected chi connectivity index (χ1v) is 7.15. The van der Waals surface area contributed by atoms with Crippen LogP contribution in [-0.2, 0) is 4.74 Å². The number of esters is 1. The molecule has 0 aliphatic carbocycles. The average molecular weight is 271 g/mol. The van der Waals surface area contributed by atoms with Crippen LogP contribution in [-0.4, -0.2) is 16.6 Å². The van der Waals surface area contributed by atoms with E-state index in [9.17, 15) is 4.79 Å². The molecule has 0 bridgehead atoms. The van der Waals surface area contributed by atoms with Crippen LogP contribution in [0, 0.1) is 0 Å². The van der Waals surface area contributed by atoms with Crippen LogP contribution in [0.1, 0.15) is 31.1 Å². The van der Waals surface area contributed by atoms with Gasteiger partial charge in [-0.3, -0.25) is 0 Å². The van der Waals surface area contributed by atoms with E-state index in [2.05, 4.69) is 10.4 Å². The van der Waals surface area contributed by atoms with Crippen molar-refractivity contribution in [2.45, 2.75) is 26.4 Å².